The zero-order valence-electron chi connectivity index (χ0n) is 22.9. The van der Waals surface area contributed by atoms with Crippen molar-refractivity contribution in [2.75, 3.05) is 0 Å². The van der Waals surface area contributed by atoms with Gasteiger partial charge >= 0.3 is 0 Å². The monoisotopic (exact) mass is 531 g/mol. The van der Waals surface area contributed by atoms with Crippen LogP contribution in [0.2, 0.25) is 0 Å². The van der Waals surface area contributed by atoms with Gasteiger partial charge in [0.05, 0.1) is 5.69 Å². The minimum Gasteiger partial charge on any atom is -0.256 e. The molecule has 1 heterocycles. The Bertz CT molecular complexity index is 2380. The minimum atomic E-state index is 1.00. The van der Waals surface area contributed by atoms with E-state index in [0.717, 1.165) is 5.69 Å². The lowest BCUT2D eigenvalue weighted by Crippen LogP contribution is -1.93. The molecule has 0 amide bonds. The average molecular weight is 532 g/mol. The van der Waals surface area contributed by atoms with Gasteiger partial charge in [0, 0.05) is 11.8 Å². The van der Waals surface area contributed by atoms with Crippen LogP contribution in [0.3, 0.4) is 0 Å². The van der Waals surface area contributed by atoms with Crippen molar-refractivity contribution in [3.05, 3.63) is 152 Å². The van der Waals surface area contributed by atoms with Gasteiger partial charge in [-0.1, -0.05) is 133 Å². The number of rotatable bonds is 3. The van der Waals surface area contributed by atoms with E-state index in [1.807, 2.05) is 12.3 Å². The van der Waals surface area contributed by atoms with Gasteiger partial charge in [0.2, 0.25) is 0 Å². The number of pyridine rings is 1. The average Bonchev–Trinajstić information content (AvgIpc) is 3.07. The first kappa shape index (κ1) is 23.2. The summed E-state index contributed by atoms with van der Waals surface area (Å²) in [4.78, 5) is 4.70. The van der Waals surface area contributed by atoms with Crippen molar-refractivity contribution < 1.29 is 0 Å². The Morgan fingerprint density at radius 3 is 1.43 bits per heavy atom. The standard InChI is InChI=1S/C41H25N/c1-2-10-26(11-3-1)38-30-12-4-6-14-32(30)41(33-15-7-5-13-31(33)38)36-24-20-28-18-22-34-29(37-16-8-9-25-42-37)21-17-27-19-23-35(36)40(28)39(27)34/h1-25H. The molecule has 0 fully saturated rings. The van der Waals surface area contributed by atoms with E-state index in [0.29, 0.717) is 0 Å². The molecular formula is C41H25N. The molecule has 0 aliphatic rings. The molecule has 0 saturated carbocycles. The Morgan fingerprint density at radius 1 is 0.333 bits per heavy atom. The van der Waals surface area contributed by atoms with Gasteiger partial charge in [-0.2, -0.15) is 0 Å². The third kappa shape index (κ3) is 3.28. The van der Waals surface area contributed by atoms with Gasteiger partial charge in [-0.25, -0.2) is 0 Å². The smallest absolute Gasteiger partial charge is 0.0708 e. The maximum Gasteiger partial charge on any atom is 0.0708 e. The highest BCUT2D eigenvalue weighted by molar-refractivity contribution is 6.30. The molecule has 9 aromatic rings. The first-order valence-electron chi connectivity index (χ1n) is 14.5. The molecular weight excluding hydrogens is 506 g/mol. The third-order valence-electron chi connectivity index (χ3n) is 8.87. The number of fused-ring (bicyclic) bond motifs is 2. The van der Waals surface area contributed by atoms with E-state index >= 15 is 0 Å². The topological polar surface area (TPSA) is 12.9 Å². The van der Waals surface area contributed by atoms with Gasteiger partial charge in [0.15, 0.2) is 0 Å². The van der Waals surface area contributed by atoms with Crippen molar-refractivity contribution in [3.8, 4) is 33.5 Å². The summed E-state index contributed by atoms with van der Waals surface area (Å²) >= 11 is 0. The van der Waals surface area contributed by atoms with Crippen LogP contribution in [0.5, 0.6) is 0 Å². The van der Waals surface area contributed by atoms with Crippen molar-refractivity contribution >= 4 is 53.9 Å². The van der Waals surface area contributed by atoms with Crippen molar-refractivity contribution in [1.82, 2.24) is 4.98 Å². The molecule has 0 radical (unpaired) electrons. The Labute approximate surface area is 243 Å². The van der Waals surface area contributed by atoms with Crippen LogP contribution in [0.4, 0.5) is 0 Å². The van der Waals surface area contributed by atoms with Crippen molar-refractivity contribution in [2.45, 2.75) is 0 Å². The second-order valence-corrected chi connectivity index (χ2v) is 11.1. The summed E-state index contributed by atoms with van der Waals surface area (Å²) in [6.45, 7) is 0. The normalized spacial score (nSPS) is 11.8. The Hall–Kier alpha value is -5.53. The molecule has 0 unspecified atom stereocenters. The molecule has 8 aromatic carbocycles. The van der Waals surface area contributed by atoms with Gasteiger partial charge in [-0.3, -0.25) is 4.98 Å². The highest BCUT2D eigenvalue weighted by Crippen LogP contribution is 2.47. The van der Waals surface area contributed by atoms with E-state index in [1.165, 1.54) is 81.7 Å². The van der Waals surface area contributed by atoms with Crippen LogP contribution in [0.15, 0.2) is 152 Å². The lowest BCUT2D eigenvalue weighted by molar-refractivity contribution is 1.33. The minimum absolute atomic E-state index is 1.00. The predicted octanol–water partition coefficient (Wildman–Crippen LogP) is 11.3. The van der Waals surface area contributed by atoms with E-state index in [2.05, 4.69) is 140 Å². The largest absolute Gasteiger partial charge is 0.256 e. The van der Waals surface area contributed by atoms with E-state index in [4.69, 9.17) is 4.98 Å². The molecule has 194 valence electrons. The summed E-state index contributed by atoms with van der Waals surface area (Å²) in [6, 6.07) is 53.0. The molecule has 0 bridgehead atoms. The molecule has 1 heteroatoms. The number of nitrogens with zero attached hydrogens (tertiary/aromatic N) is 1. The molecule has 1 aromatic heterocycles. The number of hydrogen-bond acceptors (Lipinski definition) is 1. The van der Waals surface area contributed by atoms with Crippen LogP contribution in [-0.2, 0) is 0 Å². The zero-order valence-corrected chi connectivity index (χ0v) is 22.9. The third-order valence-corrected chi connectivity index (χ3v) is 8.87. The molecule has 0 aliphatic heterocycles. The van der Waals surface area contributed by atoms with E-state index in [1.54, 1.807) is 0 Å². The van der Waals surface area contributed by atoms with Crippen LogP contribution in [0, 0.1) is 0 Å². The molecule has 0 saturated heterocycles. The van der Waals surface area contributed by atoms with E-state index in [-0.39, 0.29) is 0 Å². The first-order chi connectivity index (χ1) is 20.9. The fraction of sp³-hybridized carbons (Fsp3) is 0. The lowest BCUT2D eigenvalue weighted by Gasteiger charge is -2.20. The van der Waals surface area contributed by atoms with Gasteiger partial charge < -0.3 is 0 Å². The Kier molecular flexibility index (Phi) is 4.97. The quantitative estimate of drug-likeness (QED) is 0.163. The van der Waals surface area contributed by atoms with Crippen molar-refractivity contribution in [1.29, 1.82) is 0 Å². The summed E-state index contributed by atoms with van der Waals surface area (Å²) in [5.74, 6) is 0. The fourth-order valence-corrected chi connectivity index (χ4v) is 7.10. The number of hydrogen-bond donors (Lipinski definition) is 0. The highest BCUT2D eigenvalue weighted by Gasteiger charge is 2.20. The first-order valence-corrected chi connectivity index (χ1v) is 14.5. The van der Waals surface area contributed by atoms with Crippen LogP contribution in [-0.4, -0.2) is 4.98 Å². The summed E-state index contributed by atoms with van der Waals surface area (Å²) in [5.41, 5.74) is 7.28. The van der Waals surface area contributed by atoms with Crippen LogP contribution in [0.25, 0.3) is 87.4 Å². The van der Waals surface area contributed by atoms with Gasteiger partial charge in [-0.15, -0.1) is 0 Å². The second-order valence-electron chi connectivity index (χ2n) is 11.1. The summed E-state index contributed by atoms with van der Waals surface area (Å²) in [6.07, 6.45) is 1.88. The van der Waals surface area contributed by atoms with Gasteiger partial charge in [0.25, 0.3) is 0 Å². The van der Waals surface area contributed by atoms with E-state index < -0.39 is 0 Å². The lowest BCUT2D eigenvalue weighted by atomic mass is 9.83. The Morgan fingerprint density at radius 2 is 0.833 bits per heavy atom. The SMILES string of the molecule is c1ccc(-c2c3ccccc3c(-c3ccc4ccc5c(-c6ccccn6)ccc6ccc3c4c65)c3ccccc23)cc1. The molecule has 9 rings (SSSR count). The molecule has 1 nitrogen and oxygen atoms in total. The van der Waals surface area contributed by atoms with Crippen LogP contribution >= 0.6 is 0 Å². The van der Waals surface area contributed by atoms with Crippen LogP contribution < -0.4 is 0 Å². The predicted molar refractivity (Wildman–Crippen MR) is 179 cm³/mol. The highest BCUT2D eigenvalue weighted by atomic mass is 14.7. The van der Waals surface area contributed by atoms with Gasteiger partial charge in [-0.05, 0) is 88.2 Å². The number of benzene rings is 8. The van der Waals surface area contributed by atoms with Crippen molar-refractivity contribution in [2.24, 2.45) is 0 Å². The molecule has 42 heavy (non-hydrogen) atoms. The summed E-state index contributed by atoms with van der Waals surface area (Å²) in [5, 5.41) is 12.8. The summed E-state index contributed by atoms with van der Waals surface area (Å²) < 4.78 is 0. The summed E-state index contributed by atoms with van der Waals surface area (Å²) in [7, 11) is 0. The molecule has 0 aliphatic carbocycles. The maximum atomic E-state index is 4.70. The van der Waals surface area contributed by atoms with Crippen LogP contribution in [0.1, 0.15) is 0 Å². The Balaban J connectivity index is 1.43. The fourth-order valence-electron chi connectivity index (χ4n) is 7.10. The van der Waals surface area contributed by atoms with Crippen molar-refractivity contribution in [3.63, 3.8) is 0 Å². The molecule has 0 spiro atoms. The van der Waals surface area contributed by atoms with E-state index in [9.17, 15) is 0 Å². The zero-order chi connectivity index (χ0) is 27.6. The second kappa shape index (κ2) is 8.99. The molecule has 0 N–H and O–H groups in total. The molecule has 0 atom stereocenters. The van der Waals surface area contributed by atoms with Gasteiger partial charge in [0.1, 0.15) is 0 Å². The maximum absolute atomic E-state index is 4.70. The number of aromatic nitrogens is 1.